The summed E-state index contributed by atoms with van der Waals surface area (Å²) in [6.07, 6.45) is 0.737. The maximum Gasteiger partial charge on any atom is 0.343 e. The topological polar surface area (TPSA) is 85.6 Å². The fourth-order valence-electron chi connectivity index (χ4n) is 2.92. The van der Waals surface area contributed by atoms with E-state index in [1.807, 2.05) is 38.1 Å². The number of benzene rings is 3. The van der Waals surface area contributed by atoms with Crippen molar-refractivity contribution in [1.82, 2.24) is 0 Å². The van der Waals surface area contributed by atoms with Crippen LogP contribution in [0.15, 0.2) is 72.8 Å². The van der Waals surface area contributed by atoms with Crippen LogP contribution < -0.4 is 9.47 Å². The summed E-state index contributed by atoms with van der Waals surface area (Å²) in [6, 6.07) is 23.1. The first-order valence-electron chi connectivity index (χ1n) is 10.7. The van der Waals surface area contributed by atoms with Gasteiger partial charge in [0.2, 0.25) is 0 Å². The lowest BCUT2D eigenvalue weighted by atomic mass is 10.0. The predicted octanol–water partition coefficient (Wildman–Crippen LogP) is 5.41. The van der Waals surface area contributed by atoms with Gasteiger partial charge >= 0.3 is 11.9 Å². The molecule has 0 N–H and O–H groups in total. The highest BCUT2D eigenvalue weighted by atomic mass is 16.6. The van der Waals surface area contributed by atoms with Gasteiger partial charge in [-0.15, -0.1) is 0 Å². The normalized spacial score (nSPS) is 11.2. The fourth-order valence-corrected chi connectivity index (χ4v) is 2.92. The molecule has 3 aromatic carbocycles. The van der Waals surface area contributed by atoms with E-state index in [2.05, 4.69) is 6.07 Å². The van der Waals surface area contributed by atoms with Crippen LogP contribution in [0.1, 0.15) is 36.2 Å². The van der Waals surface area contributed by atoms with Crippen LogP contribution in [0.4, 0.5) is 0 Å². The molecule has 3 aromatic rings. The quantitative estimate of drug-likeness (QED) is 0.250. The lowest BCUT2D eigenvalue weighted by Gasteiger charge is -2.11. The van der Waals surface area contributed by atoms with Gasteiger partial charge in [0.15, 0.2) is 0 Å². The summed E-state index contributed by atoms with van der Waals surface area (Å²) in [5.41, 5.74) is 2.92. The van der Waals surface area contributed by atoms with Crippen molar-refractivity contribution in [2.45, 2.75) is 20.3 Å². The second-order valence-corrected chi connectivity index (χ2v) is 7.45. The van der Waals surface area contributed by atoms with Gasteiger partial charge in [-0.3, -0.25) is 4.79 Å². The summed E-state index contributed by atoms with van der Waals surface area (Å²) in [5, 5.41) is 8.90. The molecule has 1 unspecified atom stereocenters. The monoisotopic (exact) mass is 443 g/mol. The number of esters is 2. The molecule has 0 aliphatic heterocycles. The number of carbonyl (C=O) groups is 2. The smallest absolute Gasteiger partial charge is 0.343 e. The average Bonchev–Trinajstić information content (AvgIpc) is 2.87. The molecule has 0 aromatic heterocycles. The molecule has 0 radical (unpaired) electrons. The van der Waals surface area contributed by atoms with E-state index in [9.17, 15) is 9.59 Å². The van der Waals surface area contributed by atoms with Crippen LogP contribution in [0.5, 0.6) is 11.5 Å². The van der Waals surface area contributed by atoms with E-state index in [4.69, 9.17) is 19.5 Å². The van der Waals surface area contributed by atoms with Crippen molar-refractivity contribution in [1.29, 1.82) is 5.26 Å². The molecule has 33 heavy (non-hydrogen) atoms. The minimum atomic E-state index is -0.466. The Hall–Kier alpha value is -4.11. The zero-order valence-corrected chi connectivity index (χ0v) is 18.6. The van der Waals surface area contributed by atoms with Crippen LogP contribution >= 0.6 is 0 Å². The standard InChI is InChI=1S/C27H25NO5/c1-3-19(2)26(29)32-17-16-31-24-12-14-25(15-13-24)33-27(30)23-10-8-22(9-11-23)21-6-4-20(18-28)5-7-21/h4-15,19H,3,16-17H2,1-2H3. The molecule has 0 amide bonds. The average molecular weight is 443 g/mol. The van der Waals surface area contributed by atoms with E-state index < -0.39 is 5.97 Å². The van der Waals surface area contributed by atoms with Crippen molar-refractivity contribution < 1.29 is 23.8 Å². The molecule has 6 nitrogen and oxygen atoms in total. The van der Waals surface area contributed by atoms with Crippen molar-refractivity contribution in [3.63, 3.8) is 0 Å². The highest BCUT2D eigenvalue weighted by Gasteiger charge is 2.12. The SMILES string of the molecule is CCC(C)C(=O)OCCOc1ccc(OC(=O)c2ccc(-c3ccc(C#N)cc3)cc2)cc1. The van der Waals surface area contributed by atoms with Crippen molar-refractivity contribution in [2.24, 2.45) is 5.92 Å². The van der Waals surface area contributed by atoms with Crippen LogP contribution in [0.3, 0.4) is 0 Å². The van der Waals surface area contributed by atoms with Gasteiger partial charge in [0, 0.05) is 0 Å². The number of ether oxygens (including phenoxy) is 3. The maximum absolute atomic E-state index is 12.4. The largest absolute Gasteiger partial charge is 0.490 e. The van der Waals surface area contributed by atoms with E-state index in [1.54, 1.807) is 48.5 Å². The Morgan fingerprint density at radius 2 is 1.42 bits per heavy atom. The fraction of sp³-hybridized carbons (Fsp3) is 0.222. The zero-order valence-electron chi connectivity index (χ0n) is 18.6. The second-order valence-electron chi connectivity index (χ2n) is 7.45. The van der Waals surface area contributed by atoms with Gasteiger partial charge in [0.05, 0.1) is 23.1 Å². The Morgan fingerprint density at radius 1 is 0.848 bits per heavy atom. The van der Waals surface area contributed by atoms with Gasteiger partial charge in [0.25, 0.3) is 0 Å². The second kappa shape index (κ2) is 11.5. The molecule has 0 fully saturated rings. The number of carbonyl (C=O) groups excluding carboxylic acids is 2. The molecule has 0 heterocycles. The Bertz CT molecular complexity index is 1110. The number of nitriles is 1. The molecular weight excluding hydrogens is 418 g/mol. The van der Waals surface area contributed by atoms with Crippen molar-refractivity contribution in [2.75, 3.05) is 13.2 Å². The highest BCUT2D eigenvalue weighted by molar-refractivity contribution is 5.91. The molecule has 0 aliphatic rings. The molecule has 6 heteroatoms. The minimum Gasteiger partial charge on any atom is -0.490 e. The maximum atomic E-state index is 12.4. The van der Waals surface area contributed by atoms with E-state index in [0.717, 1.165) is 17.5 Å². The highest BCUT2D eigenvalue weighted by Crippen LogP contribution is 2.22. The van der Waals surface area contributed by atoms with Crippen LogP contribution in [0, 0.1) is 17.2 Å². The van der Waals surface area contributed by atoms with Gasteiger partial charge < -0.3 is 14.2 Å². The van der Waals surface area contributed by atoms with Gasteiger partial charge in [0.1, 0.15) is 24.7 Å². The Kier molecular flexibility index (Phi) is 8.20. The molecule has 0 spiro atoms. The Balaban J connectivity index is 1.50. The summed E-state index contributed by atoms with van der Waals surface area (Å²) in [4.78, 5) is 24.1. The lowest BCUT2D eigenvalue weighted by molar-refractivity contribution is -0.148. The first-order chi connectivity index (χ1) is 16.0. The third-order valence-corrected chi connectivity index (χ3v) is 5.11. The van der Waals surface area contributed by atoms with Crippen molar-refractivity contribution in [3.05, 3.63) is 83.9 Å². The van der Waals surface area contributed by atoms with E-state index in [0.29, 0.717) is 22.6 Å². The molecule has 0 saturated heterocycles. The minimum absolute atomic E-state index is 0.119. The zero-order chi connectivity index (χ0) is 23.6. The first kappa shape index (κ1) is 23.6. The number of nitrogens with zero attached hydrogens (tertiary/aromatic N) is 1. The van der Waals surface area contributed by atoms with Crippen LogP contribution in [-0.2, 0) is 9.53 Å². The molecule has 0 aliphatic carbocycles. The molecule has 1 atom stereocenters. The Labute approximate surface area is 193 Å². The summed E-state index contributed by atoms with van der Waals surface area (Å²) in [6.45, 7) is 4.18. The van der Waals surface area contributed by atoms with Gasteiger partial charge in [-0.05, 0) is 66.1 Å². The van der Waals surface area contributed by atoms with Crippen LogP contribution in [0.25, 0.3) is 11.1 Å². The summed E-state index contributed by atoms with van der Waals surface area (Å²) < 4.78 is 16.1. The van der Waals surface area contributed by atoms with Gasteiger partial charge in [-0.25, -0.2) is 4.79 Å². The van der Waals surface area contributed by atoms with Crippen LogP contribution in [-0.4, -0.2) is 25.2 Å². The van der Waals surface area contributed by atoms with Crippen LogP contribution in [0.2, 0.25) is 0 Å². The number of rotatable bonds is 9. The number of hydrogen-bond acceptors (Lipinski definition) is 6. The van der Waals surface area contributed by atoms with E-state index in [1.165, 1.54) is 0 Å². The third kappa shape index (κ3) is 6.68. The first-order valence-corrected chi connectivity index (χ1v) is 10.7. The molecule has 168 valence electrons. The van der Waals surface area contributed by atoms with Crippen molar-refractivity contribution in [3.8, 4) is 28.7 Å². The van der Waals surface area contributed by atoms with E-state index >= 15 is 0 Å². The molecular formula is C27H25NO5. The summed E-state index contributed by atoms with van der Waals surface area (Å²) >= 11 is 0. The van der Waals surface area contributed by atoms with Crippen molar-refractivity contribution >= 4 is 11.9 Å². The van der Waals surface area contributed by atoms with Gasteiger partial charge in [-0.1, -0.05) is 38.1 Å². The van der Waals surface area contributed by atoms with E-state index in [-0.39, 0.29) is 25.1 Å². The summed E-state index contributed by atoms with van der Waals surface area (Å²) in [7, 11) is 0. The molecule has 0 bridgehead atoms. The third-order valence-electron chi connectivity index (χ3n) is 5.11. The predicted molar refractivity (Wildman–Crippen MR) is 124 cm³/mol. The Morgan fingerprint density at radius 3 is 2.00 bits per heavy atom. The lowest BCUT2D eigenvalue weighted by Crippen LogP contribution is -2.17. The number of hydrogen-bond donors (Lipinski definition) is 0. The molecule has 3 rings (SSSR count). The van der Waals surface area contributed by atoms with Gasteiger partial charge in [-0.2, -0.15) is 5.26 Å². The summed E-state index contributed by atoms with van der Waals surface area (Å²) in [5.74, 6) is 0.166. The molecule has 0 saturated carbocycles.